The maximum atomic E-state index is 6.67. The maximum Gasteiger partial charge on any atom is 0.145 e. The molecule has 0 atom stereocenters. The molecule has 0 unspecified atom stereocenters. The zero-order chi connectivity index (χ0) is 37.0. The van der Waals surface area contributed by atoms with E-state index in [0.717, 1.165) is 50.5 Å². The summed E-state index contributed by atoms with van der Waals surface area (Å²) in [6.45, 7) is 18.1. The molecule has 0 spiro atoms. The van der Waals surface area contributed by atoms with E-state index < -0.39 is 0 Å². The van der Waals surface area contributed by atoms with Crippen molar-refractivity contribution in [3.8, 4) is 39.8 Å². The van der Waals surface area contributed by atoms with Gasteiger partial charge in [-0.15, -0.1) is 0 Å². The molecule has 5 heteroatoms. The third kappa shape index (κ3) is 5.98. The van der Waals surface area contributed by atoms with Gasteiger partial charge in [0.25, 0.3) is 0 Å². The van der Waals surface area contributed by atoms with Gasteiger partial charge in [0, 0.05) is 34.3 Å². The Morgan fingerprint density at radius 1 is 0.547 bits per heavy atom. The molecule has 8 rings (SSSR count). The molecule has 0 N–H and O–H groups in total. The molecule has 0 saturated heterocycles. The Hall–Kier alpha value is -5.68. The quantitative estimate of drug-likeness (QED) is 0.141. The van der Waals surface area contributed by atoms with Gasteiger partial charge in [-0.05, 0) is 87.7 Å². The summed E-state index contributed by atoms with van der Waals surface area (Å²) < 4.78 is 11.3. The number of nitrogens with zero attached hydrogens (tertiary/aromatic N) is 4. The molecule has 0 aliphatic heterocycles. The molecule has 3 aromatic heterocycles. The van der Waals surface area contributed by atoms with E-state index in [1.54, 1.807) is 0 Å². The van der Waals surface area contributed by atoms with Crippen LogP contribution in [0.4, 0.5) is 0 Å². The largest absolute Gasteiger partial charge is 0.457 e. The Morgan fingerprint density at radius 3 is 1.85 bits per heavy atom. The number of ether oxygens (including phenoxy) is 1. The van der Waals surface area contributed by atoms with E-state index in [2.05, 4.69) is 168 Å². The molecule has 53 heavy (non-hydrogen) atoms. The molecule has 0 fully saturated rings. The molecule has 266 valence electrons. The average molecular weight is 697 g/mol. The lowest BCUT2D eigenvalue weighted by atomic mass is 9.87. The highest BCUT2D eigenvalue weighted by atomic mass is 16.5. The zero-order valence-electron chi connectivity index (χ0n) is 32.1. The van der Waals surface area contributed by atoms with Crippen LogP contribution in [0.5, 0.6) is 11.5 Å². The molecule has 0 saturated carbocycles. The molecule has 0 radical (unpaired) electrons. The van der Waals surface area contributed by atoms with E-state index >= 15 is 0 Å². The molecule has 3 heterocycles. The molecule has 0 aliphatic carbocycles. The first kappa shape index (κ1) is 34.4. The number of fused-ring (bicyclic) bond motifs is 6. The van der Waals surface area contributed by atoms with Gasteiger partial charge < -0.3 is 4.74 Å². The SMILES string of the molecule is CC(C)c1cccc(C(C)C)c1-c1cnc2c3cc(Oc4cccc(-c5nccn5-c5c(C(C)C)cccc5C(C)C)c4)ccc3c3ccccc3n12. The molecule has 8 aromatic rings. The summed E-state index contributed by atoms with van der Waals surface area (Å²) in [6.07, 6.45) is 6.04. The van der Waals surface area contributed by atoms with E-state index in [1.807, 2.05) is 18.3 Å². The van der Waals surface area contributed by atoms with Crippen LogP contribution in [0.3, 0.4) is 0 Å². The van der Waals surface area contributed by atoms with Crippen molar-refractivity contribution in [2.45, 2.75) is 79.1 Å². The van der Waals surface area contributed by atoms with E-state index in [-0.39, 0.29) is 0 Å². The maximum absolute atomic E-state index is 6.67. The van der Waals surface area contributed by atoms with Crippen molar-refractivity contribution in [3.05, 3.63) is 144 Å². The van der Waals surface area contributed by atoms with Crippen molar-refractivity contribution in [2.24, 2.45) is 0 Å². The minimum atomic E-state index is 0.372. The number of hydrogen-bond acceptors (Lipinski definition) is 3. The summed E-state index contributed by atoms with van der Waals surface area (Å²) >= 11 is 0. The molecule has 5 nitrogen and oxygen atoms in total. The first-order valence-corrected chi connectivity index (χ1v) is 19.0. The van der Waals surface area contributed by atoms with Crippen LogP contribution in [0, 0.1) is 0 Å². The van der Waals surface area contributed by atoms with Crippen molar-refractivity contribution in [2.75, 3.05) is 0 Å². The third-order valence-corrected chi connectivity index (χ3v) is 10.6. The first-order valence-electron chi connectivity index (χ1n) is 19.0. The highest BCUT2D eigenvalue weighted by Crippen LogP contribution is 2.41. The second kappa shape index (κ2) is 13.7. The first-order chi connectivity index (χ1) is 25.6. The number of aromatic nitrogens is 4. The number of benzene rings is 5. The minimum Gasteiger partial charge on any atom is -0.457 e. The Labute approximate surface area is 312 Å². The number of hydrogen-bond donors (Lipinski definition) is 0. The summed E-state index contributed by atoms with van der Waals surface area (Å²) in [5.41, 5.74) is 12.0. The van der Waals surface area contributed by atoms with Gasteiger partial charge >= 0.3 is 0 Å². The minimum absolute atomic E-state index is 0.372. The fourth-order valence-corrected chi connectivity index (χ4v) is 8.03. The van der Waals surface area contributed by atoms with Gasteiger partial charge in [-0.25, -0.2) is 9.97 Å². The fourth-order valence-electron chi connectivity index (χ4n) is 8.03. The van der Waals surface area contributed by atoms with Crippen LogP contribution in [0.25, 0.3) is 55.7 Å². The van der Waals surface area contributed by atoms with E-state index in [1.165, 1.54) is 38.9 Å². The highest BCUT2D eigenvalue weighted by molar-refractivity contribution is 6.12. The van der Waals surface area contributed by atoms with Crippen LogP contribution in [0.1, 0.15) is 101 Å². The number of para-hydroxylation sites is 2. The molecule has 0 bridgehead atoms. The summed E-state index contributed by atoms with van der Waals surface area (Å²) in [5, 5.41) is 3.39. The summed E-state index contributed by atoms with van der Waals surface area (Å²) in [6, 6.07) is 36.7. The standard InChI is InChI=1S/C48H48N4O/c1-29(2)36-17-12-18-37(30(3)4)45(36)44-28-50-48-42-27-35(22-23-40(42)41-16-9-10-21-43(41)52(44)48)53-34-15-11-14-33(26-34)47-49-24-25-51(47)46-38(31(5)6)19-13-20-39(46)32(7)8/h9-32H,1-8H3. The average Bonchev–Trinajstić information content (AvgIpc) is 3.83. The van der Waals surface area contributed by atoms with Gasteiger partial charge in [0.2, 0.25) is 0 Å². The van der Waals surface area contributed by atoms with Gasteiger partial charge in [-0.3, -0.25) is 8.97 Å². The Kier molecular flexibility index (Phi) is 8.90. The van der Waals surface area contributed by atoms with Gasteiger partial charge in [0.05, 0.1) is 23.1 Å². The van der Waals surface area contributed by atoms with Crippen molar-refractivity contribution >= 4 is 27.3 Å². The van der Waals surface area contributed by atoms with Crippen molar-refractivity contribution in [1.29, 1.82) is 0 Å². The van der Waals surface area contributed by atoms with Gasteiger partial charge in [0.1, 0.15) is 23.0 Å². The van der Waals surface area contributed by atoms with E-state index in [0.29, 0.717) is 23.7 Å². The topological polar surface area (TPSA) is 44.4 Å². The molecule has 5 aromatic carbocycles. The van der Waals surface area contributed by atoms with Crippen molar-refractivity contribution in [3.63, 3.8) is 0 Å². The summed E-state index contributed by atoms with van der Waals surface area (Å²) in [4.78, 5) is 10.0. The second-order valence-electron chi connectivity index (χ2n) is 15.5. The Morgan fingerprint density at radius 2 is 1.17 bits per heavy atom. The van der Waals surface area contributed by atoms with Crippen LogP contribution >= 0.6 is 0 Å². The zero-order valence-corrected chi connectivity index (χ0v) is 32.1. The monoisotopic (exact) mass is 696 g/mol. The van der Waals surface area contributed by atoms with Crippen LogP contribution < -0.4 is 4.74 Å². The van der Waals surface area contributed by atoms with Gasteiger partial charge in [-0.2, -0.15) is 0 Å². The van der Waals surface area contributed by atoms with Crippen LogP contribution in [-0.4, -0.2) is 18.9 Å². The predicted octanol–water partition coefficient (Wildman–Crippen LogP) is 13.4. The molecular weight excluding hydrogens is 649 g/mol. The van der Waals surface area contributed by atoms with Gasteiger partial charge in [0.15, 0.2) is 0 Å². The van der Waals surface area contributed by atoms with Crippen LogP contribution in [0.2, 0.25) is 0 Å². The normalized spacial score (nSPS) is 12.1. The molecule has 0 amide bonds. The lowest BCUT2D eigenvalue weighted by Crippen LogP contribution is -2.07. The Balaban J connectivity index is 1.24. The number of imidazole rings is 2. The van der Waals surface area contributed by atoms with Crippen LogP contribution in [-0.2, 0) is 0 Å². The van der Waals surface area contributed by atoms with E-state index in [9.17, 15) is 0 Å². The number of rotatable bonds is 9. The lowest BCUT2D eigenvalue weighted by molar-refractivity contribution is 0.483. The van der Waals surface area contributed by atoms with Crippen LogP contribution in [0.15, 0.2) is 122 Å². The third-order valence-electron chi connectivity index (χ3n) is 10.6. The predicted molar refractivity (Wildman–Crippen MR) is 221 cm³/mol. The van der Waals surface area contributed by atoms with Gasteiger partial charge in [-0.1, -0.05) is 122 Å². The Bertz CT molecular complexity index is 2570. The lowest BCUT2D eigenvalue weighted by Gasteiger charge is -2.22. The molecular formula is C48H48N4O. The summed E-state index contributed by atoms with van der Waals surface area (Å²) in [7, 11) is 0. The fraction of sp³-hybridized carbons (Fsp3) is 0.250. The highest BCUT2D eigenvalue weighted by Gasteiger charge is 2.22. The number of pyridine rings is 1. The smallest absolute Gasteiger partial charge is 0.145 e. The van der Waals surface area contributed by atoms with Crippen molar-refractivity contribution < 1.29 is 4.74 Å². The summed E-state index contributed by atoms with van der Waals surface area (Å²) in [5.74, 6) is 3.90. The molecule has 0 aliphatic rings. The van der Waals surface area contributed by atoms with Crippen molar-refractivity contribution in [1.82, 2.24) is 18.9 Å². The second-order valence-corrected chi connectivity index (χ2v) is 15.5. The van der Waals surface area contributed by atoms with E-state index in [4.69, 9.17) is 14.7 Å².